The van der Waals surface area contributed by atoms with E-state index >= 15 is 0 Å². The third-order valence-electron chi connectivity index (χ3n) is 3.59. The van der Waals surface area contributed by atoms with Crippen LogP contribution in [0.1, 0.15) is 38.4 Å². The molecule has 0 spiro atoms. The summed E-state index contributed by atoms with van der Waals surface area (Å²) < 4.78 is 13.5. The van der Waals surface area contributed by atoms with Crippen LogP contribution in [0.3, 0.4) is 0 Å². The first kappa shape index (κ1) is 15.1. The first-order valence-corrected chi connectivity index (χ1v) is 6.37. The van der Waals surface area contributed by atoms with E-state index in [1.54, 1.807) is 18.2 Å². The van der Waals surface area contributed by atoms with Crippen LogP contribution in [0.2, 0.25) is 0 Å². The average molecular weight is 255 g/mol. The minimum absolute atomic E-state index is 0.00396. The maximum atomic E-state index is 13.5. The number of halogens is 1. The van der Waals surface area contributed by atoms with Gasteiger partial charge in [0.25, 0.3) is 0 Å². The normalized spacial score (nSPS) is 13.6. The van der Waals surface area contributed by atoms with E-state index in [-0.39, 0.29) is 18.7 Å². The number of nitrogens with one attached hydrogen (secondary N) is 1. The van der Waals surface area contributed by atoms with Crippen molar-refractivity contribution < 1.29 is 14.6 Å². The molecule has 18 heavy (non-hydrogen) atoms. The van der Waals surface area contributed by atoms with Gasteiger partial charge in [0.15, 0.2) is 0 Å². The Hall–Kier alpha value is -0.970. The summed E-state index contributed by atoms with van der Waals surface area (Å²) >= 11 is 0. The molecule has 0 aliphatic rings. The van der Waals surface area contributed by atoms with E-state index in [4.69, 9.17) is 0 Å². The lowest BCUT2D eigenvalue weighted by molar-refractivity contribution is 0.113. The van der Waals surface area contributed by atoms with Crippen LogP contribution in [0.4, 0.5) is 4.39 Å². The molecule has 0 saturated heterocycles. The van der Waals surface area contributed by atoms with Gasteiger partial charge in [0.2, 0.25) is 0 Å². The first-order chi connectivity index (χ1) is 8.58. The summed E-state index contributed by atoms with van der Waals surface area (Å²) in [5.41, 5.74) is -0.115. The van der Waals surface area contributed by atoms with Gasteiger partial charge in [0.1, 0.15) is 5.82 Å². The molecular weight excluding hydrogens is 233 g/mol. The topological polar surface area (TPSA) is 52.5 Å². The Morgan fingerprint density at radius 1 is 1.28 bits per heavy atom. The Morgan fingerprint density at radius 2 is 1.89 bits per heavy atom. The molecule has 0 heterocycles. The second kappa shape index (κ2) is 6.83. The van der Waals surface area contributed by atoms with Crippen LogP contribution < -0.4 is 5.32 Å². The zero-order chi connectivity index (χ0) is 13.6. The minimum Gasteiger partial charge on any atom is -0.394 e. The van der Waals surface area contributed by atoms with Gasteiger partial charge in [-0.25, -0.2) is 4.39 Å². The van der Waals surface area contributed by atoms with Crippen molar-refractivity contribution in [1.82, 2.24) is 5.32 Å². The van der Waals surface area contributed by atoms with Crippen LogP contribution in [0, 0.1) is 5.82 Å². The molecule has 0 saturated carbocycles. The molecule has 0 aliphatic carbocycles. The Labute approximate surface area is 108 Å². The highest BCUT2D eigenvalue weighted by Crippen LogP contribution is 2.19. The van der Waals surface area contributed by atoms with Crippen molar-refractivity contribution in [2.24, 2.45) is 0 Å². The van der Waals surface area contributed by atoms with Crippen molar-refractivity contribution in [2.45, 2.75) is 38.3 Å². The van der Waals surface area contributed by atoms with Crippen LogP contribution >= 0.6 is 0 Å². The fourth-order valence-electron chi connectivity index (χ4n) is 1.95. The molecule has 0 amide bonds. The molecule has 1 rings (SSSR count). The Balaban J connectivity index is 2.66. The zero-order valence-corrected chi connectivity index (χ0v) is 11.0. The van der Waals surface area contributed by atoms with Gasteiger partial charge in [-0.05, 0) is 18.9 Å². The molecule has 102 valence electrons. The van der Waals surface area contributed by atoms with Crippen molar-refractivity contribution in [3.05, 3.63) is 35.6 Å². The minimum atomic E-state index is -0.907. The van der Waals surface area contributed by atoms with Gasteiger partial charge in [0, 0.05) is 17.6 Å². The highest BCUT2D eigenvalue weighted by atomic mass is 19.1. The zero-order valence-electron chi connectivity index (χ0n) is 11.0. The summed E-state index contributed by atoms with van der Waals surface area (Å²) in [5.74, 6) is -0.408. The lowest BCUT2D eigenvalue weighted by Gasteiger charge is -2.32. The van der Waals surface area contributed by atoms with Crippen LogP contribution in [0.5, 0.6) is 0 Å². The average Bonchev–Trinajstić information content (AvgIpc) is 2.41. The maximum Gasteiger partial charge on any atom is 0.129 e. The second-order valence-corrected chi connectivity index (χ2v) is 4.56. The van der Waals surface area contributed by atoms with Crippen molar-refractivity contribution >= 4 is 0 Å². The smallest absolute Gasteiger partial charge is 0.129 e. The van der Waals surface area contributed by atoms with Crippen molar-refractivity contribution in [3.8, 4) is 0 Å². The highest BCUT2D eigenvalue weighted by Gasteiger charge is 2.25. The Kier molecular flexibility index (Phi) is 5.72. The van der Waals surface area contributed by atoms with Gasteiger partial charge < -0.3 is 15.5 Å². The number of aliphatic hydroxyl groups excluding tert-OH is 2. The summed E-state index contributed by atoms with van der Waals surface area (Å²) in [5, 5.41) is 22.5. The monoisotopic (exact) mass is 255 g/mol. The second-order valence-electron chi connectivity index (χ2n) is 4.56. The molecule has 0 aliphatic heterocycles. The van der Waals surface area contributed by atoms with Gasteiger partial charge in [-0.1, -0.05) is 32.0 Å². The molecule has 0 aromatic heterocycles. The van der Waals surface area contributed by atoms with E-state index in [1.165, 1.54) is 6.07 Å². The molecule has 1 aromatic carbocycles. The molecule has 3 nitrogen and oxygen atoms in total. The third kappa shape index (κ3) is 3.51. The lowest BCUT2D eigenvalue weighted by atomic mass is 9.93. The lowest BCUT2D eigenvalue weighted by Crippen LogP contribution is -2.49. The van der Waals surface area contributed by atoms with Gasteiger partial charge >= 0.3 is 0 Å². The van der Waals surface area contributed by atoms with Crippen LogP contribution in [-0.2, 0) is 0 Å². The molecule has 3 N–H and O–H groups in total. The number of β-amino-alcohol motifs (C(OH)–C–C–N with tert-alkyl or cyclic N) is 1. The van der Waals surface area contributed by atoms with Crippen LogP contribution in [-0.4, -0.2) is 28.9 Å². The number of hydrogen-bond acceptors (Lipinski definition) is 3. The summed E-state index contributed by atoms with van der Waals surface area (Å²) in [6.07, 6.45) is 0.601. The SMILES string of the molecule is CCC(CC)(CO)NCC(O)c1ccccc1F. The van der Waals surface area contributed by atoms with E-state index < -0.39 is 17.5 Å². The third-order valence-corrected chi connectivity index (χ3v) is 3.59. The summed E-state index contributed by atoms with van der Waals surface area (Å²) in [6, 6.07) is 6.19. The number of benzene rings is 1. The Morgan fingerprint density at radius 3 is 2.39 bits per heavy atom. The van der Waals surface area contributed by atoms with E-state index in [2.05, 4.69) is 5.32 Å². The predicted octanol–water partition coefficient (Wildman–Crippen LogP) is 2.00. The molecule has 1 unspecified atom stereocenters. The largest absolute Gasteiger partial charge is 0.394 e. The fraction of sp³-hybridized carbons (Fsp3) is 0.571. The number of aliphatic hydroxyl groups is 2. The fourth-order valence-corrected chi connectivity index (χ4v) is 1.95. The van der Waals surface area contributed by atoms with E-state index in [1.807, 2.05) is 13.8 Å². The molecule has 4 heteroatoms. The molecule has 1 atom stereocenters. The summed E-state index contributed by atoms with van der Waals surface area (Å²) in [7, 11) is 0. The predicted molar refractivity (Wildman–Crippen MR) is 69.8 cm³/mol. The van der Waals surface area contributed by atoms with Crippen LogP contribution in [0.15, 0.2) is 24.3 Å². The molecule has 0 radical (unpaired) electrons. The van der Waals surface area contributed by atoms with Crippen molar-refractivity contribution in [2.75, 3.05) is 13.2 Å². The first-order valence-electron chi connectivity index (χ1n) is 6.37. The highest BCUT2D eigenvalue weighted by molar-refractivity contribution is 5.20. The summed E-state index contributed by atoms with van der Waals surface area (Å²) in [6.45, 7) is 4.18. The molecule has 0 fully saturated rings. The van der Waals surface area contributed by atoms with Crippen molar-refractivity contribution in [1.29, 1.82) is 0 Å². The number of hydrogen-bond donors (Lipinski definition) is 3. The molecular formula is C14H22FNO2. The maximum absolute atomic E-state index is 13.5. The quantitative estimate of drug-likeness (QED) is 0.698. The standard InChI is InChI=1S/C14H22FNO2/c1-3-14(4-2,10-17)16-9-13(18)11-7-5-6-8-12(11)15/h5-8,13,16-18H,3-4,9-10H2,1-2H3. The van der Waals surface area contributed by atoms with E-state index in [0.717, 1.165) is 12.8 Å². The van der Waals surface area contributed by atoms with Gasteiger partial charge in [-0.2, -0.15) is 0 Å². The number of rotatable bonds is 7. The Bertz CT molecular complexity index is 358. The van der Waals surface area contributed by atoms with Gasteiger partial charge in [0.05, 0.1) is 12.7 Å². The van der Waals surface area contributed by atoms with Gasteiger partial charge in [-0.3, -0.25) is 0 Å². The molecule has 1 aromatic rings. The van der Waals surface area contributed by atoms with Gasteiger partial charge in [-0.15, -0.1) is 0 Å². The van der Waals surface area contributed by atoms with E-state index in [0.29, 0.717) is 0 Å². The van der Waals surface area contributed by atoms with Crippen LogP contribution in [0.25, 0.3) is 0 Å². The van der Waals surface area contributed by atoms with Crippen molar-refractivity contribution in [3.63, 3.8) is 0 Å². The summed E-state index contributed by atoms with van der Waals surface area (Å²) in [4.78, 5) is 0. The van der Waals surface area contributed by atoms with E-state index in [9.17, 15) is 14.6 Å². The molecule has 0 bridgehead atoms.